The molecule has 0 saturated heterocycles. The maximum atomic E-state index is 9.64. The van der Waals surface area contributed by atoms with E-state index in [4.69, 9.17) is 10.8 Å². The molecule has 84 valence electrons. The molecule has 0 saturated carbocycles. The highest BCUT2D eigenvalue weighted by atomic mass is 16.3. The highest BCUT2D eigenvalue weighted by Crippen LogP contribution is 2.27. The molecule has 0 amide bonds. The molecular formula is C11H13N3O2. The third-order valence-corrected chi connectivity index (χ3v) is 2.34. The monoisotopic (exact) mass is 219 g/mol. The number of rotatable bonds is 3. The first kappa shape index (κ1) is 10.7. The minimum Gasteiger partial charge on any atom is -0.507 e. The van der Waals surface area contributed by atoms with E-state index in [1.165, 1.54) is 0 Å². The summed E-state index contributed by atoms with van der Waals surface area (Å²) in [6, 6.07) is 6.41. The molecule has 0 radical (unpaired) electrons. The third kappa shape index (κ3) is 1.91. The predicted octanol–water partition coefficient (Wildman–Crippen LogP) is 0.774. The first-order valence-corrected chi connectivity index (χ1v) is 4.92. The average molecular weight is 219 g/mol. The molecule has 5 nitrogen and oxygen atoms in total. The number of imidazole rings is 1. The summed E-state index contributed by atoms with van der Waals surface area (Å²) in [6.07, 6.45) is 1.58. The van der Waals surface area contributed by atoms with Crippen LogP contribution in [-0.4, -0.2) is 26.8 Å². The van der Waals surface area contributed by atoms with E-state index in [9.17, 15) is 5.11 Å². The molecule has 2 aromatic rings. The van der Waals surface area contributed by atoms with E-state index in [-0.39, 0.29) is 12.4 Å². The standard InChI is InChI=1S/C11H13N3O2/c12-8(6-15)11-13-5-9(14-11)7-3-1-2-4-10(7)16/h1-5,8,15-16H,6,12H2,(H,13,14). The number of hydrogen-bond acceptors (Lipinski definition) is 4. The van der Waals surface area contributed by atoms with E-state index < -0.39 is 6.04 Å². The van der Waals surface area contributed by atoms with E-state index in [1.54, 1.807) is 24.4 Å². The summed E-state index contributed by atoms with van der Waals surface area (Å²) in [4.78, 5) is 7.02. The number of hydrogen-bond donors (Lipinski definition) is 4. The topological polar surface area (TPSA) is 95.2 Å². The molecule has 0 aliphatic rings. The second kappa shape index (κ2) is 4.34. The number of aromatic hydroxyl groups is 1. The van der Waals surface area contributed by atoms with Crippen molar-refractivity contribution >= 4 is 0 Å². The van der Waals surface area contributed by atoms with Crippen molar-refractivity contribution in [2.24, 2.45) is 5.73 Å². The molecule has 0 aliphatic carbocycles. The van der Waals surface area contributed by atoms with E-state index >= 15 is 0 Å². The fourth-order valence-corrected chi connectivity index (χ4v) is 1.45. The fourth-order valence-electron chi connectivity index (χ4n) is 1.45. The van der Waals surface area contributed by atoms with Crippen LogP contribution in [0.5, 0.6) is 5.75 Å². The first-order chi connectivity index (χ1) is 7.72. The largest absolute Gasteiger partial charge is 0.507 e. The molecule has 1 atom stereocenters. The van der Waals surface area contributed by atoms with Crippen LogP contribution in [0.4, 0.5) is 0 Å². The Morgan fingerprint density at radius 2 is 2.12 bits per heavy atom. The van der Waals surface area contributed by atoms with Crippen molar-refractivity contribution < 1.29 is 10.2 Å². The summed E-state index contributed by atoms with van der Waals surface area (Å²) in [5.74, 6) is 0.677. The van der Waals surface area contributed by atoms with Crippen LogP contribution >= 0.6 is 0 Å². The smallest absolute Gasteiger partial charge is 0.125 e. The van der Waals surface area contributed by atoms with Gasteiger partial charge >= 0.3 is 0 Å². The van der Waals surface area contributed by atoms with Gasteiger partial charge in [-0.3, -0.25) is 0 Å². The summed E-state index contributed by atoms with van der Waals surface area (Å²) in [5, 5.41) is 18.5. The van der Waals surface area contributed by atoms with Crippen molar-refractivity contribution in [1.29, 1.82) is 0 Å². The molecule has 0 bridgehead atoms. The molecule has 0 fully saturated rings. The van der Waals surface area contributed by atoms with Crippen LogP contribution in [0.15, 0.2) is 30.5 Å². The SMILES string of the molecule is NC(CO)c1ncc(-c2ccccc2O)[nH]1. The lowest BCUT2D eigenvalue weighted by atomic mass is 10.1. The van der Waals surface area contributed by atoms with Gasteiger partial charge in [-0.05, 0) is 12.1 Å². The lowest BCUT2D eigenvalue weighted by molar-refractivity contribution is 0.264. The van der Waals surface area contributed by atoms with Crippen LogP contribution in [0.3, 0.4) is 0 Å². The lowest BCUT2D eigenvalue weighted by Gasteiger charge is -2.03. The van der Waals surface area contributed by atoms with Crippen LogP contribution in [0, 0.1) is 0 Å². The zero-order chi connectivity index (χ0) is 11.5. The Morgan fingerprint density at radius 3 is 2.81 bits per heavy atom. The van der Waals surface area contributed by atoms with Crippen molar-refractivity contribution in [1.82, 2.24) is 9.97 Å². The molecule has 1 aromatic carbocycles. The second-order valence-electron chi connectivity index (χ2n) is 3.49. The Bertz CT molecular complexity index is 482. The van der Waals surface area contributed by atoms with E-state index in [2.05, 4.69) is 9.97 Å². The molecule has 1 unspecified atom stereocenters. The summed E-state index contributed by atoms with van der Waals surface area (Å²) < 4.78 is 0. The van der Waals surface area contributed by atoms with Crippen LogP contribution in [0.2, 0.25) is 0 Å². The molecule has 1 aromatic heterocycles. The number of aromatic amines is 1. The zero-order valence-corrected chi connectivity index (χ0v) is 8.59. The van der Waals surface area contributed by atoms with Gasteiger partial charge in [-0.25, -0.2) is 4.98 Å². The zero-order valence-electron chi connectivity index (χ0n) is 8.59. The van der Waals surface area contributed by atoms with Gasteiger partial charge in [0.1, 0.15) is 11.6 Å². The van der Waals surface area contributed by atoms with Crippen molar-refractivity contribution in [3.8, 4) is 17.0 Å². The number of nitrogens with zero attached hydrogens (tertiary/aromatic N) is 1. The number of aliphatic hydroxyl groups excluding tert-OH is 1. The van der Waals surface area contributed by atoms with Crippen LogP contribution in [0.25, 0.3) is 11.3 Å². The maximum Gasteiger partial charge on any atom is 0.125 e. The number of phenolic OH excluding ortho intramolecular Hbond substituents is 1. The Balaban J connectivity index is 2.35. The van der Waals surface area contributed by atoms with Crippen LogP contribution in [0.1, 0.15) is 11.9 Å². The van der Waals surface area contributed by atoms with Gasteiger partial charge in [-0.15, -0.1) is 0 Å². The Kier molecular flexibility index (Phi) is 2.89. The highest BCUT2D eigenvalue weighted by molar-refractivity contribution is 5.66. The predicted molar refractivity (Wildman–Crippen MR) is 59.7 cm³/mol. The molecular weight excluding hydrogens is 206 g/mol. The molecule has 0 aliphatic heterocycles. The van der Waals surface area contributed by atoms with Gasteiger partial charge in [-0.2, -0.15) is 0 Å². The number of para-hydroxylation sites is 1. The van der Waals surface area contributed by atoms with Gasteiger partial charge in [-0.1, -0.05) is 12.1 Å². The van der Waals surface area contributed by atoms with Crippen LogP contribution in [-0.2, 0) is 0 Å². The normalized spacial score (nSPS) is 12.6. The number of nitrogens with two attached hydrogens (primary N) is 1. The summed E-state index contributed by atoms with van der Waals surface area (Å²) in [5.41, 5.74) is 6.95. The summed E-state index contributed by atoms with van der Waals surface area (Å²) >= 11 is 0. The summed E-state index contributed by atoms with van der Waals surface area (Å²) in [6.45, 7) is -0.173. The number of aromatic nitrogens is 2. The van der Waals surface area contributed by atoms with Crippen molar-refractivity contribution in [2.75, 3.05) is 6.61 Å². The maximum absolute atomic E-state index is 9.64. The van der Waals surface area contributed by atoms with E-state index in [1.807, 2.05) is 6.07 Å². The molecule has 5 heteroatoms. The number of aliphatic hydroxyl groups is 1. The second-order valence-corrected chi connectivity index (χ2v) is 3.49. The number of benzene rings is 1. The number of nitrogens with one attached hydrogen (secondary N) is 1. The molecule has 1 heterocycles. The number of phenols is 1. The molecule has 0 spiro atoms. The van der Waals surface area contributed by atoms with Gasteiger partial charge in [0.2, 0.25) is 0 Å². The summed E-state index contributed by atoms with van der Waals surface area (Å²) in [7, 11) is 0. The van der Waals surface area contributed by atoms with Gasteiger partial charge in [0.05, 0.1) is 24.5 Å². The Hall–Kier alpha value is -1.85. The van der Waals surface area contributed by atoms with Gasteiger partial charge in [0.15, 0.2) is 0 Å². The third-order valence-electron chi connectivity index (χ3n) is 2.34. The van der Waals surface area contributed by atoms with E-state index in [0.717, 1.165) is 0 Å². The van der Waals surface area contributed by atoms with E-state index in [0.29, 0.717) is 17.1 Å². The number of H-pyrrole nitrogens is 1. The highest BCUT2D eigenvalue weighted by Gasteiger charge is 2.11. The average Bonchev–Trinajstić information content (AvgIpc) is 2.78. The van der Waals surface area contributed by atoms with Gasteiger partial charge in [0, 0.05) is 5.56 Å². The van der Waals surface area contributed by atoms with Crippen LogP contribution < -0.4 is 5.73 Å². The molecule has 5 N–H and O–H groups in total. The van der Waals surface area contributed by atoms with Crippen molar-refractivity contribution in [3.63, 3.8) is 0 Å². The first-order valence-electron chi connectivity index (χ1n) is 4.92. The quantitative estimate of drug-likeness (QED) is 0.613. The fraction of sp³-hybridized carbons (Fsp3) is 0.182. The van der Waals surface area contributed by atoms with Crippen molar-refractivity contribution in [3.05, 3.63) is 36.3 Å². The molecule has 16 heavy (non-hydrogen) atoms. The Morgan fingerprint density at radius 1 is 1.38 bits per heavy atom. The van der Waals surface area contributed by atoms with Crippen molar-refractivity contribution in [2.45, 2.75) is 6.04 Å². The minimum atomic E-state index is -0.528. The Labute approximate surface area is 92.6 Å². The lowest BCUT2D eigenvalue weighted by Crippen LogP contribution is -2.15. The van der Waals surface area contributed by atoms with Gasteiger partial charge < -0.3 is 20.9 Å². The van der Waals surface area contributed by atoms with Gasteiger partial charge in [0.25, 0.3) is 0 Å². The molecule has 2 rings (SSSR count). The minimum absolute atomic E-state index is 0.173.